The van der Waals surface area contributed by atoms with Gasteiger partial charge in [0, 0.05) is 6.07 Å². The van der Waals surface area contributed by atoms with Gasteiger partial charge in [0.25, 0.3) is 0 Å². The Labute approximate surface area is 122 Å². The number of aromatic carboxylic acids is 1. The molecule has 0 aromatic heterocycles. The van der Waals surface area contributed by atoms with Crippen LogP contribution in [-0.2, 0) is 0 Å². The summed E-state index contributed by atoms with van der Waals surface area (Å²) in [6.45, 7) is 1.70. The van der Waals surface area contributed by atoms with Crippen LogP contribution >= 0.6 is 0 Å². The molecule has 2 aromatic carbocycles. The third kappa shape index (κ3) is 3.12. The molecule has 0 aliphatic carbocycles. The van der Waals surface area contributed by atoms with Gasteiger partial charge in [-0.3, -0.25) is 0 Å². The SMILES string of the molecule is COc1cc(C#N)ccc1Oc1ccc(C(=O)O)c(C)c1. The highest BCUT2D eigenvalue weighted by atomic mass is 16.5. The number of hydrogen-bond donors (Lipinski definition) is 1. The summed E-state index contributed by atoms with van der Waals surface area (Å²) in [5.41, 5.74) is 1.30. The van der Waals surface area contributed by atoms with E-state index in [1.54, 1.807) is 37.3 Å². The first-order valence-electron chi connectivity index (χ1n) is 6.15. The Bertz CT molecular complexity index is 732. The van der Waals surface area contributed by atoms with Gasteiger partial charge in [-0.1, -0.05) is 0 Å². The van der Waals surface area contributed by atoms with Crippen molar-refractivity contribution in [3.63, 3.8) is 0 Å². The molecular formula is C16H13NO4. The van der Waals surface area contributed by atoms with E-state index in [9.17, 15) is 4.79 Å². The van der Waals surface area contributed by atoms with Gasteiger partial charge in [-0.05, 0) is 42.8 Å². The number of aryl methyl sites for hydroxylation is 1. The van der Waals surface area contributed by atoms with E-state index in [1.807, 2.05) is 6.07 Å². The van der Waals surface area contributed by atoms with Crippen LogP contribution in [0.1, 0.15) is 21.5 Å². The van der Waals surface area contributed by atoms with E-state index >= 15 is 0 Å². The Hall–Kier alpha value is -3.00. The number of nitriles is 1. The fraction of sp³-hybridized carbons (Fsp3) is 0.125. The third-order valence-electron chi connectivity index (χ3n) is 2.95. The maximum absolute atomic E-state index is 11.0. The maximum Gasteiger partial charge on any atom is 0.335 e. The lowest BCUT2D eigenvalue weighted by Gasteiger charge is -2.11. The van der Waals surface area contributed by atoms with Crippen LogP contribution in [-0.4, -0.2) is 18.2 Å². The molecule has 0 unspecified atom stereocenters. The third-order valence-corrected chi connectivity index (χ3v) is 2.95. The molecule has 106 valence electrons. The molecule has 0 saturated carbocycles. The van der Waals surface area contributed by atoms with E-state index in [2.05, 4.69) is 0 Å². The molecule has 0 saturated heterocycles. The number of carboxylic acids is 1. The number of nitrogens with zero attached hydrogens (tertiary/aromatic N) is 1. The number of rotatable bonds is 4. The molecule has 0 aliphatic rings. The molecule has 0 amide bonds. The Balaban J connectivity index is 2.32. The molecule has 5 nitrogen and oxygen atoms in total. The van der Waals surface area contributed by atoms with Crippen molar-refractivity contribution in [2.45, 2.75) is 6.92 Å². The zero-order valence-electron chi connectivity index (χ0n) is 11.6. The van der Waals surface area contributed by atoms with Crippen LogP contribution < -0.4 is 9.47 Å². The van der Waals surface area contributed by atoms with Gasteiger partial charge in [0.15, 0.2) is 11.5 Å². The minimum Gasteiger partial charge on any atom is -0.493 e. The summed E-state index contributed by atoms with van der Waals surface area (Å²) in [6, 6.07) is 11.6. The zero-order valence-corrected chi connectivity index (χ0v) is 11.6. The molecule has 21 heavy (non-hydrogen) atoms. The van der Waals surface area contributed by atoms with Crippen LogP contribution in [0.5, 0.6) is 17.2 Å². The maximum atomic E-state index is 11.0. The lowest BCUT2D eigenvalue weighted by Crippen LogP contribution is -1.99. The van der Waals surface area contributed by atoms with Crippen LogP contribution in [0.3, 0.4) is 0 Å². The van der Waals surface area contributed by atoms with E-state index in [1.165, 1.54) is 13.2 Å². The first-order valence-corrected chi connectivity index (χ1v) is 6.15. The molecule has 2 rings (SSSR count). The topological polar surface area (TPSA) is 79.5 Å². The van der Waals surface area contributed by atoms with Crippen molar-refractivity contribution >= 4 is 5.97 Å². The Kier molecular flexibility index (Phi) is 4.10. The number of benzene rings is 2. The van der Waals surface area contributed by atoms with Gasteiger partial charge >= 0.3 is 5.97 Å². The molecule has 1 N–H and O–H groups in total. The van der Waals surface area contributed by atoms with E-state index < -0.39 is 5.97 Å². The van der Waals surface area contributed by atoms with Crippen molar-refractivity contribution in [2.24, 2.45) is 0 Å². The molecule has 0 atom stereocenters. The molecule has 0 heterocycles. The fourth-order valence-electron chi connectivity index (χ4n) is 1.89. The van der Waals surface area contributed by atoms with Gasteiger partial charge in [0.2, 0.25) is 0 Å². The van der Waals surface area contributed by atoms with E-state index in [0.717, 1.165) is 0 Å². The molecular weight excluding hydrogens is 270 g/mol. The standard InChI is InChI=1S/C16H13NO4/c1-10-7-12(4-5-13(10)16(18)19)21-14-6-3-11(9-17)8-15(14)20-2/h3-8H,1-2H3,(H,18,19). The van der Waals surface area contributed by atoms with E-state index in [0.29, 0.717) is 28.4 Å². The van der Waals surface area contributed by atoms with Gasteiger partial charge in [0.1, 0.15) is 5.75 Å². The minimum atomic E-state index is -0.977. The van der Waals surface area contributed by atoms with E-state index in [-0.39, 0.29) is 5.56 Å². The van der Waals surface area contributed by atoms with Gasteiger partial charge in [-0.2, -0.15) is 5.26 Å². The molecule has 0 aliphatic heterocycles. The minimum absolute atomic E-state index is 0.231. The Morgan fingerprint density at radius 2 is 1.95 bits per heavy atom. The van der Waals surface area contributed by atoms with Crippen molar-refractivity contribution in [1.82, 2.24) is 0 Å². The highest BCUT2D eigenvalue weighted by Gasteiger charge is 2.10. The second-order valence-corrected chi connectivity index (χ2v) is 4.36. The highest BCUT2D eigenvalue weighted by Crippen LogP contribution is 2.32. The summed E-state index contributed by atoms with van der Waals surface area (Å²) in [6.07, 6.45) is 0. The Morgan fingerprint density at radius 3 is 2.52 bits per heavy atom. The summed E-state index contributed by atoms with van der Waals surface area (Å²) in [5.74, 6) is 0.420. The first-order chi connectivity index (χ1) is 10.0. The highest BCUT2D eigenvalue weighted by molar-refractivity contribution is 5.89. The van der Waals surface area contributed by atoms with Gasteiger partial charge in [-0.25, -0.2) is 4.79 Å². The number of carbonyl (C=O) groups is 1. The second kappa shape index (κ2) is 5.97. The number of ether oxygens (including phenoxy) is 2. The first kappa shape index (κ1) is 14.4. The van der Waals surface area contributed by atoms with Crippen LogP contribution in [0, 0.1) is 18.3 Å². The van der Waals surface area contributed by atoms with Crippen LogP contribution in [0.4, 0.5) is 0 Å². The molecule has 2 aromatic rings. The van der Waals surface area contributed by atoms with Crippen molar-refractivity contribution in [3.8, 4) is 23.3 Å². The van der Waals surface area contributed by atoms with Crippen molar-refractivity contribution in [3.05, 3.63) is 53.1 Å². The smallest absolute Gasteiger partial charge is 0.335 e. The summed E-state index contributed by atoms with van der Waals surface area (Å²) >= 11 is 0. The summed E-state index contributed by atoms with van der Waals surface area (Å²) in [5, 5.41) is 17.8. The lowest BCUT2D eigenvalue weighted by atomic mass is 10.1. The summed E-state index contributed by atoms with van der Waals surface area (Å²) in [7, 11) is 1.49. The Morgan fingerprint density at radius 1 is 1.19 bits per heavy atom. The molecule has 0 bridgehead atoms. The van der Waals surface area contributed by atoms with E-state index in [4.69, 9.17) is 19.8 Å². The predicted molar refractivity (Wildman–Crippen MR) is 75.9 cm³/mol. The average Bonchev–Trinajstić information content (AvgIpc) is 2.47. The molecule has 0 radical (unpaired) electrons. The normalized spacial score (nSPS) is 9.76. The van der Waals surface area contributed by atoms with Crippen LogP contribution in [0.25, 0.3) is 0 Å². The van der Waals surface area contributed by atoms with Crippen LogP contribution in [0.2, 0.25) is 0 Å². The second-order valence-electron chi connectivity index (χ2n) is 4.36. The number of methoxy groups -OCH3 is 1. The van der Waals surface area contributed by atoms with Gasteiger partial charge in [0.05, 0.1) is 24.3 Å². The van der Waals surface area contributed by atoms with Crippen LogP contribution in [0.15, 0.2) is 36.4 Å². The number of carboxylic acid groups (broad SMARTS) is 1. The lowest BCUT2D eigenvalue weighted by molar-refractivity contribution is 0.0696. The van der Waals surface area contributed by atoms with Crippen molar-refractivity contribution < 1.29 is 19.4 Å². The summed E-state index contributed by atoms with van der Waals surface area (Å²) < 4.78 is 10.9. The average molecular weight is 283 g/mol. The van der Waals surface area contributed by atoms with Gasteiger partial charge in [-0.15, -0.1) is 0 Å². The molecule has 0 fully saturated rings. The molecule has 0 spiro atoms. The monoisotopic (exact) mass is 283 g/mol. The zero-order chi connectivity index (χ0) is 15.4. The van der Waals surface area contributed by atoms with Gasteiger partial charge < -0.3 is 14.6 Å². The largest absolute Gasteiger partial charge is 0.493 e. The quantitative estimate of drug-likeness (QED) is 0.930. The predicted octanol–water partition coefficient (Wildman–Crippen LogP) is 3.37. The summed E-state index contributed by atoms with van der Waals surface area (Å²) in [4.78, 5) is 11.0. The van der Waals surface area contributed by atoms with Crippen molar-refractivity contribution in [2.75, 3.05) is 7.11 Å². The fourth-order valence-corrected chi connectivity index (χ4v) is 1.89. The molecule has 5 heteroatoms. The number of hydrogen-bond acceptors (Lipinski definition) is 4. The van der Waals surface area contributed by atoms with Crippen molar-refractivity contribution in [1.29, 1.82) is 5.26 Å².